The number of nitrogens with one attached hydrogen (secondary N) is 1. The largest absolute Gasteiger partial charge is 0.328 e. The summed E-state index contributed by atoms with van der Waals surface area (Å²) >= 11 is 7.76. The van der Waals surface area contributed by atoms with Crippen LogP contribution in [-0.2, 0) is 4.79 Å². The number of anilines is 1. The molecule has 3 N–H and O–H groups in total. The first-order valence-electron chi connectivity index (χ1n) is 6.98. The Kier molecular flexibility index (Phi) is 5.35. The molecular weight excluding hydrogens is 292 g/mol. The molecule has 1 saturated carbocycles. The number of benzene rings is 1. The summed E-state index contributed by atoms with van der Waals surface area (Å²) in [6.45, 7) is 4.25. The van der Waals surface area contributed by atoms with Crippen LogP contribution >= 0.6 is 23.4 Å². The van der Waals surface area contributed by atoms with Crippen LogP contribution in [0.15, 0.2) is 23.1 Å². The molecule has 2 atom stereocenters. The number of hydrogen-bond acceptors (Lipinski definition) is 3. The first kappa shape index (κ1) is 15.7. The third kappa shape index (κ3) is 4.14. The van der Waals surface area contributed by atoms with Gasteiger partial charge in [0.25, 0.3) is 0 Å². The second-order valence-corrected chi connectivity index (χ2v) is 7.62. The van der Waals surface area contributed by atoms with Crippen molar-refractivity contribution < 1.29 is 4.79 Å². The van der Waals surface area contributed by atoms with E-state index >= 15 is 0 Å². The van der Waals surface area contributed by atoms with Crippen LogP contribution in [0, 0.1) is 5.92 Å². The summed E-state index contributed by atoms with van der Waals surface area (Å²) in [6, 6.07) is 5.80. The fourth-order valence-corrected chi connectivity index (χ4v) is 3.51. The Labute approximate surface area is 129 Å². The van der Waals surface area contributed by atoms with Crippen molar-refractivity contribution in [3.8, 4) is 0 Å². The summed E-state index contributed by atoms with van der Waals surface area (Å²) in [7, 11) is 0. The molecule has 1 fully saturated rings. The van der Waals surface area contributed by atoms with Gasteiger partial charge in [-0.15, -0.1) is 11.8 Å². The predicted octanol–water partition coefficient (Wildman–Crippen LogP) is 3.91. The Morgan fingerprint density at radius 1 is 1.45 bits per heavy atom. The lowest BCUT2D eigenvalue weighted by Crippen LogP contribution is -2.23. The van der Waals surface area contributed by atoms with E-state index in [-0.39, 0.29) is 17.9 Å². The molecule has 110 valence electrons. The van der Waals surface area contributed by atoms with Gasteiger partial charge in [0.05, 0.1) is 5.69 Å². The molecular formula is C15H21ClN2OS. The zero-order chi connectivity index (χ0) is 14.7. The van der Waals surface area contributed by atoms with Crippen LogP contribution in [0.1, 0.15) is 33.1 Å². The van der Waals surface area contributed by atoms with Crippen LogP contribution in [0.25, 0.3) is 0 Å². The van der Waals surface area contributed by atoms with E-state index in [1.54, 1.807) is 11.8 Å². The third-order valence-electron chi connectivity index (χ3n) is 3.41. The van der Waals surface area contributed by atoms with E-state index in [1.165, 1.54) is 0 Å². The molecule has 0 heterocycles. The zero-order valence-electron chi connectivity index (χ0n) is 11.9. The minimum absolute atomic E-state index is 0.0286. The first-order valence-corrected chi connectivity index (χ1v) is 8.24. The van der Waals surface area contributed by atoms with Crippen LogP contribution in [0.2, 0.25) is 5.02 Å². The Hall–Kier alpha value is -0.710. The topological polar surface area (TPSA) is 55.1 Å². The summed E-state index contributed by atoms with van der Waals surface area (Å²) in [4.78, 5) is 13.3. The molecule has 1 aliphatic carbocycles. The maximum atomic E-state index is 12.3. The maximum Gasteiger partial charge on any atom is 0.227 e. The molecule has 0 aromatic heterocycles. The predicted molar refractivity (Wildman–Crippen MR) is 86.4 cm³/mol. The molecule has 0 aliphatic heterocycles. The number of carbonyl (C=O) groups excluding carboxylic acids is 1. The lowest BCUT2D eigenvalue weighted by molar-refractivity contribution is -0.119. The van der Waals surface area contributed by atoms with E-state index < -0.39 is 0 Å². The van der Waals surface area contributed by atoms with Crippen molar-refractivity contribution in [2.75, 3.05) is 5.32 Å². The third-order valence-corrected chi connectivity index (χ3v) is 4.72. The van der Waals surface area contributed by atoms with Crippen LogP contribution in [0.4, 0.5) is 5.69 Å². The summed E-state index contributed by atoms with van der Waals surface area (Å²) in [5.74, 6) is 0.0895. The summed E-state index contributed by atoms with van der Waals surface area (Å²) in [6.07, 6.45) is 2.58. The summed E-state index contributed by atoms with van der Waals surface area (Å²) in [5, 5.41) is 4.11. The Morgan fingerprint density at radius 2 is 2.20 bits per heavy atom. The van der Waals surface area contributed by atoms with Gasteiger partial charge in [0.2, 0.25) is 5.91 Å². The first-order chi connectivity index (χ1) is 9.45. The standard InChI is InChI=1S/C15H21ClN2OS/c1-9(2)20-14-6-4-11(16)8-13(14)18-15(19)10-3-5-12(17)7-10/h4,6,8-10,12H,3,5,7,17H2,1-2H3,(H,18,19). The summed E-state index contributed by atoms with van der Waals surface area (Å²) in [5.41, 5.74) is 6.68. The quantitative estimate of drug-likeness (QED) is 0.829. The van der Waals surface area contributed by atoms with Crippen LogP contribution in [0.3, 0.4) is 0 Å². The van der Waals surface area contributed by atoms with Gasteiger partial charge in [-0.3, -0.25) is 4.79 Å². The minimum Gasteiger partial charge on any atom is -0.328 e. The average Bonchev–Trinajstić information content (AvgIpc) is 2.79. The van der Waals surface area contributed by atoms with Crippen LogP contribution in [0.5, 0.6) is 0 Å². The fraction of sp³-hybridized carbons (Fsp3) is 0.533. The molecule has 0 bridgehead atoms. The second-order valence-electron chi connectivity index (χ2n) is 5.57. The highest BCUT2D eigenvalue weighted by atomic mass is 35.5. The van der Waals surface area contributed by atoms with Gasteiger partial charge >= 0.3 is 0 Å². The number of carbonyl (C=O) groups is 1. The van der Waals surface area contributed by atoms with Crippen molar-refractivity contribution in [2.45, 2.75) is 49.3 Å². The highest BCUT2D eigenvalue weighted by Crippen LogP contribution is 2.34. The van der Waals surface area contributed by atoms with E-state index in [0.717, 1.165) is 29.8 Å². The number of rotatable bonds is 4. The van der Waals surface area contributed by atoms with Gasteiger partial charge in [0.15, 0.2) is 0 Å². The van der Waals surface area contributed by atoms with E-state index in [0.29, 0.717) is 10.3 Å². The molecule has 2 unspecified atom stereocenters. The lowest BCUT2D eigenvalue weighted by atomic mass is 10.1. The average molecular weight is 313 g/mol. The summed E-state index contributed by atoms with van der Waals surface area (Å²) < 4.78 is 0. The second kappa shape index (κ2) is 6.83. The highest BCUT2D eigenvalue weighted by Gasteiger charge is 2.28. The van der Waals surface area contributed by atoms with Crippen molar-refractivity contribution >= 4 is 35.0 Å². The lowest BCUT2D eigenvalue weighted by Gasteiger charge is -2.15. The molecule has 5 heteroatoms. The van der Waals surface area contributed by atoms with Gasteiger partial charge in [0.1, 0.15) is 0 Å². The Bertz CT molecular complexity index is 493. The van der Waals surface area contributed by atoms with Gasteiger partial charge in [-0.2, -0.15) is 0 Å². The molecule has 0 saturated heterocycles. The number of halogens is 1. The van der Waals surface area contributed by atoms with Crippen molar-refractivity contribution in [1.82, 2.24) is 0 Å². The van der Waals surface area contributed by atoms with Gasteiger partial charge in [-0.05, 0) is 37.5 Å². The van der Waals surface area contributed by atoms with E-state index in [4.69, 9.17) is 17.3 Å². The van der Waals surface area contributed by atoms with Gasteiger partial charge in [0, 0.05) is 27.1 Å². The highest BCUT2D eigenvalue weighted by molar-refractivity contribution is 8.00. The van der Waals surface area contributed by atoms with Crippen LogP contribution in [-0.4, -0.2) is 17.2 Å². The number of thioether (sulfide) groups is 1. The number of amides is 1. The number of hydrogen-bond donors (Lipinski definition) is 2. The van der Waals surface area contributed by atoms with Crippen molar-refractivity contribution in [3.63, 3.8) is 0 Å². The van der Waals surface area contributed by atoms with Crippen molar-refractivity contribution in [1.29, 1.82) is 0 Å². The van der Waals surface area contributed by atoms with E-state index in [2.05, 4.69) is 19.2 Å². The molecule has 20 heavy (non-hydrogen) atoms. The molecule has 3 nitrogen and oxygen atoms in total. The smallest absolute Gasteiger partial charge is 0.227 e. The Balaban J connectivity index is 2.11. The maximum absolute atomic E-state index is 12.3. The van der Waals surface area contributed by atoms with Crippen molar-refractivity contribution in [3.05, 3.63) is 23.2 Å². The molecule has 1 aliphatic rings. The Morgan fingerprint density at radius 3 is 2.80 bits per heavy atom. The number of nitrogens with two attached hydrogens (primary N) is 1. The molecule has 2 rings (SSSR count). The SMILES string of the molecule is CC(C)Sc1ccc(Cl)cc1NC(=O)C1CCC(N)C1. The van der Waals surface area contributed by atoms with Gasteiger partial charge < -0.3 is 11.1 Å². The molecule has 1 amide bonds. The molecule has 1 aromatic carbocycles. The normalized spacial score (nSPS) is 22.2. The van der Waals surface area contributed by atoms with Crippen LogP contribution < -0.4 is 11.1 Å². The molecule has 0 radical (unpaired) electrons. The van der Waals surface area contributed by atoms with Gasteiger partial charge in [-0.1, -0.05) is 25.4 Å². The van der Waals surface area contributed by atoms with E-state index in [9.17, 15) is 4.79 Å². The molecule has 1 aromatic rings. The molecule has 0 spiro atoms. The van der Waals surface area contributed by atoms with Crippen molar-refractivity contribution in [2.24, 2.45) is 11.7 Å². The fourth-order valence-electron chi connectivity index (χ4n) is 2.45. The van der Waals surface area contributed by atoms with E-state index in [1.807, 2.05) is 18.2 Å². The minimum atomic E-state index is 0.0286. The monoisotopic (exact) mass is 312 g/mol. The van der Waals surface area contributed by atoms with Gasteiger partial charge in [-0.25, -0.2) is 0 Å². The zero-order valence-corrected chi connectivity index (χ0v) is 13.4.